The van der Waals surface area contributed by atoms with Crippen molar-refractivity contribution < 1.29 is 23.1 Å². The van der Waals surface area contributed by atoms with E-state index in [0.29, 0.717) is 11.1 Å². The number of carboxylic acid groups (broad SMARTS) is 1. The van der Waals surface area contributed by atoms with Crippen molar-refractivity contribution >= 4 is 11.7 Å². The molecule has 0 atom stereocenters. The minimum atomic E-state index is -5.08. The van der Waals surface area contributed by atoms with Crippen LogP contribution >= 0.6 is 0 Å². The molecular weight excluding hydrogens is 325 g/mol. The Balaban J connectivity index is 0.000000256. The second-order valence-electron chi connectivity index (χ2n) is 5.92. The number of pyridine rings is 1. The number of aromatic nitrogens is 1. The molecule has 1 spiro atoms. The van der Waals surface area contributed by atoms with Crippen LogP contribution in [0.2, 0.25) is 0 Å². The number of nitrogens with one attached hydrogen (secondary N) is 1. The van der Waals surface area contributed by atoms with Crippen LogP contribution in [-0.2, 0) is 4.79 Å². The number of nitriles is 1. The van der Waals surface area contributed by atoms with E-state index in [1.54, 1.807) is 6.07 Å². The molecule has 0 radical (unpaired) electrons. The number of hydrogen-bond acceptors (Lipinski definition) is 5. The summed E-state index contributed by atoms with van der Waals surface area (Å²) in [7, 11) is 0. The van der Waals surface area contributed by atoms with E-state index in [-0.39, 0.29) is 0 Å². The van der Waals surface area contributed by atoms with Crippen molar-refractivity contribution in [1.82, 2.24) is 10.3 Å². The Kier molecular flexibility index (Phi) is 5.29. The summed E-state index contributed by atoms with van der Waals surface area (Å²) < 4.78 is 31.7. The molecule has 0 saturated carbocycles. The number of piperidine rings is 1. The van der Waals surface area contributed by atoms with Crippen LogP contribution in [0.25, 0.3) is 0 Å². The Morgan fingerprint density at radius 3 is 2.33 bits per heavy atom. The molecule has 24 heavy (non-hydrogen) atoms. The maximum absolute atomic E-state index is 10.6. The van der Waals surface area contributed by atoms with Gasteiger partial charge in [0.15, 0.2) is 0 Å². The van der Waals surface area contributed by atoms with Gasteiger partial charge in [0.05, 0.1) is 11.9 Å². The highest BCUT2D eigenvalue weighted by atomic mass is 19.4. The highest BCUT2D eigenvalue weighted by molar-refractivity contribution is 5.73. The summed E-state index contributed by atoms with van der Waals surface area (Å²) in [6, 6.07) is 5.84. The number of alkyl halides is 3. The van der Waals surface area contributed by atoms with Crippen LogP contribution < -0.4 is 10.2 Å². The van der Waals surface area contributed by atoms with Gasteiger partial charge >= 0.3 is 12.1 Å². The molecule has 0 aromatic carbocycles. The van der Waals surface area contributed by atoms with E-state index >= 15 is 0 Å². The summed E-state index contributed by atoms with van der Waals surface area (Å²) in [6.07, 6.45) is -0.701. The lowest BCUT2D eigenvalue weighted by molar-refractivity contribution is -0.192. The standard InChI is InChI=1S/C13H16N4.C2HF3O2/c14-7-11-1-2-12(8-16-11)17-9-13(10-17)3-5-15-6-4-13;3-2(4,5)1(6)7/h1-2,8,15H,3-6,9-10H2;(H,6,7). The fourth-order valence-electron chi connectivity index (χ4n) is 2.86. The molecule has 130 valence electrons. The van der Waals surface area contributed by atoms with Crippen LogP contribution in [0.5, 0.6) is 0 Å². The molecule has 2 saturated heterocycles. The summed E-state index contributed by atoms with van der Waals surface area (Å²) in [5, 5.41) is 19.2. The number of carboxylic acids is 1. The zero-order chi connectivity index (χ0) is 17.8. The normalized spacial score (nSPS) is 18.8. The molecule has 1 aromatic heterocycles. The van der Waals surface area contributed by atoms with Crippen LogP contribution in [-0.4, -0.2) is 48.4 Å². The minimum Gasteiger partial charge on any atom is -0.475 e. The third-order valence-corrected chi connectivity index (χ3v) is 4.19. The molecule has 3 heterocycles. The van der Waals surface area contributed by atoms with E-state index < -0.39 is 12.1 Å². The quantitative estimate of drug-likeness (QED) is 0.809. The number of hydrogen-bond donors (Lipinski definition) is 2. The Hall–Kier alpha value is -2.34. The summed E-state index contributed by atoms with van der Waals surface area (Å²) in [5.74, 6) is -2.76. The van der Waals surface area contributed by atoms with Gasteiger partial charge in [0.1, 0.15) is 11.8 Å². The van der Waals surface area contributed by atoms with Gasteiger partial charge in [0, 0.05) is 18.5 Å². The van der Waals surface area contributed by atoms with Crippen LogP contribution in [0.3, 0.4) is 0 Å². The number of anilines is 1. The van der Waals surface area contributed by atoms with Gasteiger partial charge in [-0.25, -0.2) is 9.78 Å². The number of nitrogens with zero attached hydrogens (tertiary/aromatic N) is 3. The van der Waals surface area contributed by atoms with Crippen molar-refractivity contribution in [2.45, 2.75) is 19.0 Å². The molecule has 0 aliphatic carbocycles. The second kappa shape index (κ2) is 7.05. The van der Waals surface area contributed by atoms with Crippen LogP contribution in [0.15, 0.2) is 18.3 Å². The monoisotopic (exact) mass is 342 g/mol. The van der Waals surface area contributed by atoms with Gasteiger partial charge in [0.25, 0.3) is 0 Å². The van der Waals surface area contributed by atoms with E-state index in [9.17, 15) is 13.2 Å². The van der Waals surface area contributed by atoms with E-state index in [0.717, 1.165) is 31.9 Å². The fourth-order valence-corrected chi connectivity index (χ4v) is 2.86. The van der Waals surface area contributed by atoms with Gasteiger partial charge < -0.3 is 15.3 Å². The Labute approximate surface area is 136 Å². The van der Waals surface area contributed by atoms with Crippen LogP contribution in [0.4, 0.5) is 18.9 Å². The second-order valence-corrected chi connectivity index (χ2v) is 5.92. The molecule has 0 amide bonds. The first kappa shape index (κ1) is 18.0. The molecule has 6 nitrogen and oxygen atoms in total. The van der Waals surface area contributed by atoms with E-state index in [4.69, 9.17) is 15.2 Å². The van der Waals surface area contributed by atoms with Crippen molar-refractivity contribution in [2.24, 2.45) is 5.41 Å². The topological polar surface area (TPSA) is 89.3 Å². The molecule has 1 aromatic rings. The lowest BCUT2D eigenvalue weighted by atomic mass is 9.72. The predicted octanol–water partition coefficient (Wildman–Crippen LogP) is 1.78. The maximum Gasteiger partial charge on any atom is 0.490 e. The summed E-state index contributed by atoms with van der Waals surface area (Å²) in [4.78, 5) is 15.4. The Morgan fingerprint density at radius 2 is 1.92 bits per heavy atom. The number of rotatable bonds is 1. The zero-order valence-electron chi connectivity index (χ0n) is 12.8. The molecule has 9 heteroatoms. The minimum absolute atomic E-state index is 0.492. The number of halogens is 3. The molecule has 0 unspecified atom stereocenters. The maximum atomic E-state index is 10.6. The third-order valence-electron chi connectivity index (χ3n) is 4.19. The summed E-state index contributed by atoms with van der Waals surface area (Å²) in [5.41, 5.74) is 2.18. The highest BCUT2D eigenvalue weighted by Crippen LogP contribution is 2.40. The van der Waals surface area contributed by atoms with Crippen molar-refractivity contribution in [2.75, 3.05) is 31.1 Å². The van der Waals surface area contributed by atoms with Crippen LogP contribution in [0, 0.1) is 16.7 Å². The lowest BCUT2D eigenvalue weighted by Crippen LogP contribution is -2.60. The van der Waals surface area contributed by atoms with Crippen molar-refractivity contribution in [1.29, 1.82) is 5.26 Å². The Bertz CT molecular complexity index is 611. The number of carbonyl (C=O) groups is 1. The first-order chi connectivity index (χ1) is 11.3. The average molecular weight is 342 g/mol. The first-order valence-electron chi connectivity index (χ1n) is 7.38. The average Bonchev–Trinajstić information content (AvgIpc) is 2.53. The zero-order valence-corrected chi connectivity index (χ0v) is 12.8. The van der Waals surface area contributed by atoms with E-state index in [2.05, 4.69) is 15.2 Å². The number of aliphatic carboxylic acids is 1. The van der Waals surface area contributed by atoms with Gasteiger partial charge in [-0.3, -0.25) is 0 Å². The molecule has 2 aliphatic rings. The fraction of sp³-hybridized carbons (Fsp3) is 0.533. The van der Waals surface area contributed by atoms with Gasteiger partial charge in [-0.05, 0) is 38.1 Å². The lowest BCUT2D eigenvalue weighted by Gasteiger charge is -2.53. The van der Waals surface area contributed by atoms with Gasteiger partial charge in [-0.2, -0.15) is 18.4 Å². The largest absolute Gasteiger partial charge is 0.490 e. The third kappa shape index (κ3) is 4.35. The molecule has 2 N–H and O–H groups in total. The van der Waals surface area contributed by atoms with Crippen LogP contribution in [0.1, 0.15) is 18.5 Å². The van der Waals surface area contributed by atoms with Gasteiger partial charge in [-0.15, -0.1) is 0 Å². The van der Waals surface area contributed by atoms with Crippen molar-refractivity contribution in [3.05, 3.63) is 24.0 Å². The molecule has 2 aliphatic heterocycles. The molecule has 3 rings (SSSR count). The highest BCUT2D eigenvalue weighted by Gasteiger charge is 2.43. The first-order valence-corrected chi connectivity index (χ1v) is 7.38. The summed E-state index contributed by atoms with van der Waals surface area (Å²) >= 11 is 0. The smallest absolute Gasteiger partial charge is 0.475 e. The Morgan fingerprint density at radius 1 is 1.33 bits per heavy atom. The van der Waals surface area contributed by atoms with E-state index in [1.807, 2.05) is 18.3 Å². The van der Waals surface area contributed by atoms with Gasteiger partial charge in [-0.1, -0.05) is 0 Å². The summed E-state index contributed by atoms with van der Waals surface area (Å²) in [6.45, 7) is 4.59. The van der Waals surface area contributed by atoms with Crippen molar-refractivity contribution in [3.63, 3.8) is 0 Å². The molecule has 2 fully saturated rings. The van der Waals surface area contributed by atoms with E-state index in [1.165, 1.54) is 12.8 Å². The SMILES string of the molecule is N#Cc1ccc(N2CC3(CCNCC3)C2)cn1.O=C(O)C(F)(F)F. The van der Waals surface area contributed by atoms with Crippen molar-refractivity contribution in [3.8, 4) is 6.07 Å². The predicted molar refractivity (Wildman–Crippen MR) is 79.4 cm³/mol. The molecular formula is C15H17F3N4O2. The molecule has 0 bridgehead atoms. The van der Waals surface area contributed by atoms with Gasteiger partial charge in [0.2, 0.25) is 0 Å².